The minimum atomic E-state index is -1.21. The number of hydrogen-bond acceptors (Lipinski definition) is 3. The van der Waals surface area contributed by atoms with Crippen LogP contribution >= 0.6 is 11.6 Å². The van der Waals surface area contributed by atoms with E-state index in [0.717, 1.165) is 6.08 Å². The Labute approximate surface area is 114 Å². The number of halogens is 2. The highest BCUT2D eigenvalue weighted by Gasteiger charge is 2.16. The van der Waals surface area contributed by atoms with Crippen molar-refractivity contribution in [2.24, 2.45) is 0 Å². The molecule has 0 unspecified atom stereocenters. The van der Waals surface area contributed by atoms with Crippen LogP contribution in [-0.4, -0.2) is 23.7 Å². The molecule has 0 atom stereocenters. The van der Waals surface area contributed by atoms with E-state index in [1.165, 1.54) is 18.2 Å². The topological polar surface area (TPSA) is 63.6 Å². The van der Waals surface area contributed by atoms with Crippen LogP contribution in [-0.2, 0) is 14.3 Å². The zero-order chi connectivity index (χ0) is 14.4. The van der Waals surface area contributed by atoms with Gasteiger partial charge in [0.15, 0.2) is 0 Å². The quantitative estimate of drug-likeness (QED) is 0.668. The molecule has 0 heterocycles. The Balaban J connectivity index is 3.15. The Kier molecular flexibility index (Phi) is 5.51. The molecule has 1 rings (SSSR count). The number of carbonyl (C=O) groups excluding carboxylic acids is 1. The number of hydrogen-bond donors (Lipinski definition) is 1. The number of carbonyl (C=O) groups is 2. The number of aliphatic carboxylic acids is 1. The molecule has 0 bridgehead atoms. The number of rotatable bonds is 5. The minimum absolute atomic E-state index is 0.0387. The van der Waals surface area contributed by atoms with E-state index < -0.39 is 24.2 Å². The summed E-state index contributed by atoms with van der Waals surface area (Å²) in [5, 5.41) is 8.63. The second kappa shape index (κ2) is 6.89. The minimum Gasteiger partial charge on any atom is -0.481 e. The van der Waals surface area contributed by atoms with Gasteiger partial charge >= 0.3 is 11.9 Å². The van der Waals surface area contributed by atoms with E-state index in [0.29, 0.717) is 0 Å². The summed E-state index contributed by atoms with van der Waals surface area (Å²) in [5.41, 5.74) is -0.104. The van der Waals surface area contributed by atoms with Crippen molar-refractivity contribution in [3.05, 3.63) is 40.2 Å². The Morgan fingerprint density at radius 1 is 1.47 bits per heavy atom. The van der Waals surface area contributed by atoms with Crippen molar-refractivity contribution in [1.29, 1.82) is 0 Å². The van der Waals surface area contributed by atoms with Gasteiger partial charge in [0.05, 0.1) is 18.1 Å². The highest BCUT2D eigenvalue weighted by molar-refractivity contribution is 6.30. The standard InChI is InChI=1S/C13H12ClFO4/c1-2-19-13(18)9(7-11(16)17)6-8-4-3-5-10(14)12(8)15/h3-6H,2,7H2,1H3,(H,16,17)/b9-6-. The number of carboxylic acid groups (broad SMARTS) is 1. The van der Waals surface area contributed by atoms with E-state index in [2.05, 4.69) is 0 Å². The maximum atomic E-state index is 13.7. The molecule has 0 spiro atoms. The molecule has 0 radical (unpaired) electrons. The lowest BCUT2D eigenvalue weighted by molar-refractivity contribution is -0.142. The van der Waals surface area contributed by atoms with Crippen molar-refractivity contribution < 1.29 is 23.8 Å². The smallest absolute Gasteiger partial charge is 0.334 e. The van der Waals surface area contributed by atoms with E-state index in [9.17, 15) is 14.0 Å². The number of benzene rings is 1. The van der Waals surface area contributed by atoms with Crippen molar-refractivity contribution >= 4 is 29.6 Å². The van der Waals surface area contributed by atoms with Crippen LogP contribution in [0.1, 0.15) is 18.9 Å². The zero-order valence-corrected chi connectivity index (χ0v) is 10.9. The first kappa shape index (κ1) is 15.2. The third kappa shape index (κ3) is 4.37. The fourth-order valence-corrected chi connectivity index (χ4v) is 1.57. The van der Waals surface area contributed by atoms with Gasteiger partial charge in [0, 0.05) is 11.1 Å². The summed E-state index contributed by atoms with van der Waals surface area (Å²) in [7, 11) is 0. The number of esters is 1. The van der Waals surface area contributed by atoms with Gasteiger partial charge < -0.3 is 9.84 Å². The highest BCUT2D eigenvalue weighted by atomic mass is 35.5. The van der Waals surface area contributed by atoms with Crippen LogP contribution in [0.15, 0.2) is 23.8 Å². The second-order valence-corrected chi connectivity index (χ2v) is 4.01. The van der Waals surface area contributed by atoms with Crippen LogP contribution < -0.4 is 0 Å². The Hall–Kier alpha value is -1.88. The molecule has 1 aromatic carbocycles. The first-order chi connectivity index (χ1) is 8.95. The Bertz CT molecular complexity index is 525. The molecular weight excluding hydrogens is 275 g/mol. The van der Waals surface area contributed by atoms with Crippen molar-refractivity contribution in [1.82, 2.24) is 0 Å². The fourth-order valence-electron chi connectivity index (χ4n) is 1.39. The molecule has 0 aromatic heterocycles. The van der Waals surface area contributed by atoms with Gasteiger partial charge in [-0.15, -0.1) is 0 Å². The molecule has 102 valence electrons. The van der Waals surface area contributed by atoms with Crippen molar-refractivity contribution in [3.63, 3.8) is 0 Å². The van der Waals surface area contributed by atoms with Crippen molar-refractivity contribution in [2.45, 2.75) is 13.3 Å². The molecule has 0 amide bonds. The molecule has 0 fully saturated rings. The summed E-state index contributed by atoms with van der Waals surface area (Å²) in [5.74, 6) is -2.71. The van der Waals surface area contributed by atoms with Crippen molar-refractivity contribution in [3.8, 4) is 0 Å². The van der Waals surface area contributed by atoms with Crippen LogP contribution in [0.4, 0.5) is 4.39 Å². The van der Waals surface area contributed by atoms with Gasteiger partial charge in [0.1, 0.15) is 5.82 Å². The predicted octanol–water partition coefficient (Wildman–Crippen LogP) is 2.90. The lowest BCUT2D eigenvalue weighted by Gasteiger charge is -2.06. The SMILES string of the molecule is CCOC(=O)/C(=C\c1cccc(Cl)c1F)CC(=O)O. The van der Waals surface area contributed by atoms with E-state index in [1.54, 1.807) is 6.92 Å². The molecule has 1 aromatic rings. The maximum Gasteiger partial charge on any atom is 0.334 e. The van der Waals surface area contributed by atoms with Gasteiger partial charge in [-0.05, 0) is 19.1 Å². The number of ether oxygens (including phenoxy) is 1. The average molecular weight is 287 g/mol. The zero-order valence-electron chi connectivity index (χ0n) is 10.2. The second-order valence-electron chi connectivity index (χ2n) is 3.60. The molecule has 4 nitrogen and oxygen atoms in total. The molecule has 0 saturated heterocycles. The third-order valence-electron chi connectivity index (χ3n) is 2.19. The predicted molar refractivity (Wildman–Crippen MR) is 68.3 cm³/mol. The molecule has 0 aliphatic carbocycles. The van der Waals surface area contributed by atoms with E-state index in [-0.39, 0.29) is 22.8 Å². The molecule has 19 heavy (non-hydrogen) atoms. The summed E-state index contributed by atoms with van der Waals surface area (Å²) < 4.78 is 18.4. The Morgan fingerprint density at radius 2 is 2.16 bits per heavy atom. The van der Waals surface area contributed by atoms with Crippen LogP contribution in [0.25, 0.3) is 6.08 Å². The van der Waals surface area contributed by atoms with E-state index in [4.69, 9.17) is 21.4 Å². The summed E-state index contributed by atoms with van der Waals surface area (Å²) >= 11 is 5.61. The van der Waals surface area contributed by atoms with Gasteiger partial charge in [-0.3, -0.25) is 4.79 Å². The van der Waals surface area contributed by atoms with Crippen LogP contribution in [0, 0.1) is 5.82 Å². The average Bonchev–Trinajstić information content (AvgIpc) is 2.33. The normalized spacial score (nSPS) is 11.2. The lowest BCUT2D eigenvalue weighted by Crippen LogP contribution is -2.11. The summed E-state index contributed by atoms with van der Waals surface area (Å²) in [6.07, 6.45) is 0.581. The maximum absolute atomic E-state index is 13.7. The van der Waals surface area contributed by atoms with Gasteiger partial charge in [-0.1, -0.05) is 23.7 Å². The molecular formula is C13H12ClFO4. The fraction of sp³-hybridized carbons (Fsp3) is 0.231. The van der Waals surface area contributed by atoms with Gasteiger partial charge in [-0.25, -0.2) is 9.18 Å². The van der Waals surface area contributed by atoms with Crippen LogP contribution in [0.3, 0.4) is 0 Å². The van der Waals surface area contributed by atoms with Gasteiger partial charge in [0.2, 0.25) is 0 Å². The first-order valence-corrected chi connectivity index (χ1v) is 5.87. The summed E-state index contributed by atoms with van der Waals surface area (Å²) in [6, 6.07) is 4.25. The molecule has 1 N–H and O–H groups in total. The van der Waals surface area contributed by atoms with Gasteiger partial charge in [0.25, 0.3) is 0 Å². The van der Waals surface area contributed by atoms with Crippen molar-refractivity contribution in [2.75, 3.05) is 6.61 Å². The molecule has 0 aliphatic rings. The van der Waals surface area contributed by atoms with E-state index >= 15 is 0 Å². The molecule has 6 heteroatoms. The largest absolute Gasteiger partial charge is 0.481 e. The first-order valence-electron chi connectivity index (χ1n) is 5.49. The van der Waals surface area contributed by atoms with Gasteiger partial charge in [-0.2, -0.15) is 0 Å². The Morgan fingerprint density at radius 3 is 2.74 bits per heavy atom. The highest BCUT2D eigenvalue weighted by Crippen LogP contribution is 2.21. The number of carboxylic acids is 1. The monoisotopic (exact) mass is 286 g/mol. The summed E-state index contributed by atoms with van der Waals surface area (Å²) in [4.78, 5) is 22.3. The van der Waals surface area contributed by atoms with E-state index in [1.807, 2.05) is 0 Å². The molecule has 0 saturated carbocycles. The lowest BCUT2D eigenvalue weighted by atomic mass is 10.1. The third-order valence-corrected chi connectivity index (χ3v) is 2.48. The molecule has 0 aliphatic heterocycles. The van der Waals surface area contributed by atoms with Crippen LogP contribution in [0.5, 0.6) is 0 Å². The van der Waals surface area contributed by atoms with Crippen LogP contribution in [0.2, 0.25) is 5.02 Å². The summed E-state index contributed by atoms with van der Waals surface area (Å²) in [6.45, 7) is 1.70.